The Morgan fingerprint density at radius 2 is 1.83 bits per heavy atom. The lowest BCUT2D eigenvalue weighted by Gasteiger charge is -2.14. The zero-order valence-electron chi connectivity index (χ0n) is 9.86. The van der Waals surface area contributed by atoms with Crippen LogP contribution in [-0.4, -0.2) is 0 Å². The summed E-state index contributed by atoms with van der Waals surface area (Å²) in [4.78, 5) is 0. The number of rotatable bonds is 3. The molecule has 0 unspecified atom stereocenters. The van der Waals surface area contributed by atoms with Gasteiger partial charge in [0.1, 0.15) is 23.1 Å². The van der Waals surface area contributed by atoms with Crippen LogP contribution in [0.3, 0.4) is 0 Å². The molecule has 0 amide bonds. The average molecular weight is 249 g/mol. The highest BCUT2D eigenvalue weighted by Crippen LogP contribution is 2.30. The maximum Gasteiger partial charge on any atom is 0.135 e. The predicted octanol–water partition coefficient (Wildman–Crippen LogP) is 3.78. The zero-order valence-corrected chi connectivity index (χ0v) is 9.86. The number of halogens is 2. The molecule has 0 fully saturated rings. The van der Waals surface area contributed by atoms with Crippen molar-refractivity contribution in [2.24, 2.45) is 5.73 Å². The Bertz CT molecular complexity index is 555. The molecule has 18 heavy (non-hydrogen) atoms. The minimum atomic E-state index is -0.505. The molecule has 0 bridgehead atoms. The van der Waals surface area contributed by atoms with Crippen molar-refractivity contribution < 1.29 is 13.5 Å². The van der Waals surface area contributed by atoms with Gasteiger partial charge in [-0.1, -0.05) is 12.1 Å². The van der Waals surface area contributed by atoms with Crippen LogP contribution in [0.4, 0.5) is 8.78 Å². The van der Waals surface area contributed by atoms with Gasteiger partial charge < -0.3 is 10.5 Å². The average Bonchev–Trinajstić information content (AvgIpc) is 2.28. The van der Waals surface area contributed by atoms with E-state index in [1.54, 1.807) is 19.1 Å². The highest BCUT2D eigenvalue weighted by atomic mass is 19.1. The summed E-state index contributed by atoms with van der Waals surface area (Å²) in [6.07, 6.45) is 0. The number of benzene rings is 2. The Balaban J connectivity index is 2.37. The largest absolute Gasteiger partial charge is 0.457 e. The molecular formula is C14H13F2NO. The smallest absolute Gasteiger partial charge is 0.135 e. The fourth-order valence-corrected chi connectivity index (χ4v) is 1.71. The molecule has 0 saturated carbocycles. The first-order valence-electron chi connectivity index (χ1n) is 5.55. The molecule has 94 valence electrons. The summed E-state index contributed by atoms with van der Waals surface area (Å²) >= 11 is 0. The van der Waals surface area contributed by atoms with Crippen LogP contribution in [0.5, 0.6) is 11.5 Å². The summed E-state index contributed by atoms with van der Waals surface area (Å²) in [5.41, 5.74) is 5.98. The van der Waals surface area contributed by atoms with Crippen molar-refractivity contribution in [1.29, 1.82) is 0 Å². The first kappa shape index (κ1) is 12.5. The molecule has 2 aromatic rings. The summed E-state index contributed by atoms with van der Waals surface area (Å²) in [6.45, 7) is 1.66. The number of hydrogen-bond acceptors (Lipinski definition) is 2. The Labute approximate surface area is 104 Å². The monoisotopic (exact) mass is 249 g/mol. The van der Waals surface area contributed by atoms with E-state index in [1.807, 2.05) is 0 Å². The van der Waals surface area contributed by atoms with Crippen molar-refractivity contribution in [3.05, 3.63) is 59.7 Å². The van der Waals surface area contributed by atoms with Crippen LogP contribution in [0.2, 0.25) is 0 Å². The highest BCUT2D eigenvalue weighted by Gasteiger charge is 2.14. The number of hydrogen-bond donors (Lipinski definition) is 1. The van der Waals surface area contributed by atoms with Crippen molar-refractivity contribution in [3.8, 4) is 11.5 Å². The minimum absolute atomic E-state index is 0.279. The van der Waals surface area contributed by atoms with Crippen LogP contribution in [0.1, 0.15) is 18.5 Å². The van der Waals surface area contributed by atoms with Gasteiger partial charge >= 0.3 is 0 Å². The molecule has 0 aliphatic rings. The maximum absolute atomic E-state index is 13.6. The van der Waals surface area contributed by atoms with Gasteiger partial charge in [0.05, 0.1) is 0 Å². The van der Waals surface area contributed by atoms with Gasteiger partial charge in [0.2, 0.25) is 0 Å². The SMILES string of the molecule is C[C@@H](N)c1c(F)cccc1Oc1cccc(F)c1. The van der Waals surface area contributed by atoms with Crippen molar-refractivity contribution in [1.82, 2.24) is 0 Å². The number of ether oxygens (including phenoxy) is 1. The molecule has 0 heterocycles. The predicted molar refractivity (Wildman–Crippen MR) is 65.5 cm³/mol. The van der Waals surface area contributed by atoms with Crippen molar-refractivity contribution >= 4 is 0 Å². The fraction of sp³-hybridized carbons (Fsp3) is 0.143. The van der Waals surface area contributed by atoms with E-state index >= 15 is 0 Å². The van der Waals surface area contributed by atoms with Gasteiger partial charge in [-0.3, -0.25) is 0 Å². The first-order valence-corrected chi connectivity index (χ1v) is 5.55. The molecule has 4 heteroatoms. The highest BCUT2D eigenvalue weighted by molar-refractivity contribution is 5.40. The quantitative estimate of drug-likeness (QED) is 0.898. The standard InChI is InChI=1S/C14H13F2NO/c1-9(17)14-12(16)6-3-7-13(14)18-11-5-2-4-10(15)8-11/h2-9H,17H2,1H3/t9-/m1/s1. The maximum atomic E-state index is 13.6. The van der Waals surface area contributed by atoms with Gasteiger partial charge in [0.15, 0.2) is 0 Å². The van der Waals surface area contributed by atoms with Crippen molar-refractivity contribution in [2.75, 3.05) is 0 Å². The lowest BCUT2D eigenvalue weighted by atomic mass is 10.1. The van der Waals surface area contributed by atoms with Gasteiger partial charge in [-0.2, -0.15) is 0 Å². The van der Waals surface area contributed by atoms with Crippen molar-refractivity contribution in [3.63, 3.8) is 0 Å². The van der Waals surface area contributed by atoms with E-state index in [2.05, 4.69) is 0 Å². The Morgan fingerprint density at radius 1 is 1.11 bits per heavy atom. The minimum Gasteiger partial charge on any atom is -0.457 e. The lowest BCUT2D eigenvalue weighted by molar-refractivity contribution is 0.456. The number of nitrogens with two attached hydrogens (primary N) is 1. The van der Waals surface area contributed by atoms with Crippen LogP contribution in [0.25, 0.3) is 0 Å². The third-order valence-corrected chi connectivity index (χ3v) is 2.49. The second-order valence-corrected chi connectivity index (χ2v) is 4.00. The molecule has 0 aliphatic heterocycles. The summed E-state index contributed by atoms with van der Waals surface area (Å²) in [5, 5.41) is 0. The van der Waals surface area contributed by atoms with E-state index in [1.165, 1.54) is 30.3 Å². The molecule has 0 aliphatic carbocycles. The van der Waals surface area contributed by atoms with Crippen LogP contribution in [0.15, 0.2) is 42.5 Å². The van der Waals surface area contributed by atoms with Crippen LogP contribution >= 0.6 is 0 Å². The molecular weight excluding hydrogens is 236 g/mol. The Kier molecular flexibility index (Phi) is 3.58. The van der Waals surface area contributed by atoms with E-state index in [0.29, 0.717) is 11.5 Å². The van der Waals surface area contributed by atoms with Gasteiger partial charge in [-0.25, -0.2) is 8.78 Å². The van der Waals surface area contributed by atoms with Crippen LogP contribution in [-0.2, 0) is 0 Å². The van der Waals surface area contributed by atoms with E-state index < -0.39 is 17.7 Å². The molecule has 0 spiro atoms. The van der Waals surface area contributed by atoms with Gasteiger partial charge in [-0.05, 0) is 31.2 Å². The molecule has 1 atom stereocenters. The van der Waals surface area contributed by atoms with E-state index in [-0.39, 0.29) is 5.56 Å². The summed E-state index contributed by atoms with van der Waals surface area (Å²) in [6, 6.07) is 9.60. The van der Waals surface area contributed by atoms with Crippen LogP contribution in [0, 0.1) is 11.6 Å². The normalized spacial score (nSPS) is 12.2. The molecule has 0 saturated heterocycles. The molecule has 2 aromatic carbocycles. The zero-order chi connectivity index (χ0) is 13.1. The Morgan fingerprint density at radius 3 is 2.50 bits per heavy atom. The molecule has 2 N–H and O–H groups in total. The molecule has 0 aromatic heterocycles. The van der Waals surface area contributed by atoms with Gasteiger partial charge in [0, 0.05) is 17.7 Å². The second-order valence-electron chi connectivity index (χ2n) is 4.00. The molecule has 2 nitrogen and oxygen atoms in total. The van der Waals surface area contributed by atoms with Crippen LogP contribution < -0.4 is 10.5 Å². The summed E-state index contributed by atoms with van der Waals surface area (Å²) in [5.74, 6) is -0.233. The van der Waals surface area contributed by atoms with Gasteiger partial charge in [0.25, 0.3) is 0 Å². The lowest BCUT2D eigenvalue weighted by Crippen LogP contribution is -2.09. The van der Waals surface area contributed by atoms with E-state index in [0.717, 1.165) is 0 Å². The summed E-state index contributed by atoms with van der Waals surface area (Å²) < 4.78 is 32.2. The van der Waals surface area contributed by atoms with Crippen molar-refractivity contribution in [2.45, 2.75) is 13.0 Å². The summed E-state index contributed by atoms with van der Waals surface area (Å²) in [7, 11) is 0. The van der Waals surface area contributed by atoms with Gasteiger partial charge in [-0.15, -0.1) is 0 Å². The van der Waals surface area contributed by atoms with E-state index in [9.17, 15) is 8.78 Å². The van der Waals surface area contributed by atoms with E-state index in [4.69, 9.17) is 10.5 Å². The topological polar surface area (TPSA) is 35.2 Å². The third-order valence-electron chi connectivity index (χ3n) is 2.49. The fourth-order valence-electron chi connectivity index (χ4n) is 1.71. The third kappa shape index (κ3) is 2.65. The first-order chi connectivity index (χ1) is 8.58. The Hall–Kier alpha value is -1.94. The molecule has 0 radical (unpaired) electrons. The second kappa shape index (κ2) is 5.14. The molecule has 2 rings (SSSR count).